The number of anilines is 1. The summed E-state index contributed by atoms with van der Waals surface area (Å²) in [4.78, 5) is 23.1. The molecule has 1 aromatic rings. The second-order valence-corrected chi connectivity index (χ2v) is 6.30. The van der Waals surface area contributed by atoms with E-state index in [1.165, 1.54) is 0 Å². The molecule has 1 amide bonds. The summed E-state index contributed by atoms with van der Waals surface area (Å²) >= 11 is 0. The van der Waals surface area contributed by atoms with Crippen LogP contribution in [-0.4, -0.2) is 29.7 Å². The summed E-state index contributed by atoms with van der Waals surface area (Å²) in [6.45, 7) is 2.62. The summed E-state index contributed by atoms with van der Waals surface area (Å²) in [7, 11) is 0. The molecule has 2 aliphatic rings. The highest BCUT2D eigenvalue weighted by Gasteiger charge is 2.44. The molecule has 118 valence electrons. The van der Waals surface area contributed by atoms with Gasteiger partial charge in [-0.1, -0.05) is 12.1 Å². The molecule has 0 spiro atoms. The number of hydrogen-bond acceptors (Lipinski definition) is 3. The Morgan fingerprint density at radius 2 is 1.95 bits per heavy atom. The van der Waals surface area contributed by atoms with Gasteiger partial charge in [0.2, 0.25) is 5.91 Å². The predicted molar refractivity (Wildman–Crippen MR) is 81.7 cm³/mol. The molecule has 1 saturated carbocycles. The van der Waals surface area contributed by atoms with Crippen molar-refractivity contribution in [2.24, 2.45) is 11.8 Å². The molecule has 3 rings (SSSR count). The van der Waals surface area contributed by atoms with Crippen LogP contribution in [0.3, 0.4) is 0 Å². The Hall–Kier alpha value is -1.88. The first kappa shape index (κ1) is 15.0. The molecule has 1 aromatic carbocycles. The highest BCUT2D eigenvalue weighted by Crippen LogP contribution is 2.47. The van der Waals surface area contributed by atoms with Crippen LogP contribution in [0.5, 0.6) is 0 Å². The molecule has 2 N–H and O–H groups in total. The summed E-state index contributed by atoms with van der Waals surface area (Å²) in [6.07, 6.45) is 2.36. The fourth-order valence-electron chi connectivity index (χ4n) is 3.13. The molecule has 2 unspecified atom stereocenters. The van der Waals surface area contributed by atoms with Crippen LogP contribution in [0.2, 0.25) is 0 Å². The lowest BCUT2D eigenvalue weighted by atomic mass is 9.95. The summed E-state index contributed by atoms with van der Waals surface area (Å²) in [5.41, 5.74) is 1.80. The molecule has 0 radical (unpaired) electrons. The molecule has 5 heteroatoms. The van der Waals surface area contributed by atoms with E-state index in [9.17, 15) is 9.59 Å². The molecule has 0 aromatic heterocycles. The Kier molecular flexibility index (Phi) is 4.16. The molecule has 1 aliphatic heterocycles. The Morgan fingerprint density at radius 3 is 2.55 bits per heavy atom. The van der Waals surface area contributed by atoms with Gasteiger partial charge < -0.3 is 15.2 Å². The van der Waals surface area contributed by atoms with Gasteiger partial charge in [0.25, 0.3) is 0 Å². The zero-order valence-electron chi connectivity index (χ0n) is 12.6. The molecule has 1 aliphatic carbocycles. The molecule has 1 saturated heterocycles. The number of amides is 1. The highest BCUT2D eigenvalue weighted by molar-refractivity contribution is 5.92. The first-order valence-electron chi connectivity index (χ1n) is 7.80. The van der Waals surface area contributed by atoms with Crippen molar-refractivity contribution in [2.75, 3.05) is 11.9 Å². The van der Waals surface area contributed by atoms with Gasteiger partial charge in [-0.05, 0) is 49.8 Å². The van der Waals surface area contributed by atoms with Gasteiger partial charge in [0.15, 0.2) is 0 Å². The second-order valence-electron chi connectivity index (χ2n) is 6.30. The van der Waals surface area contributed by atoms with E-state index in [0.717, 1.165) is 24.1 Å². The smallest absolute Gasteiger partial charge is 0.307 e. The van der Waals surface area contributed by atoms with Crippen molar-refractivity contribution in [3.63, 3.8) is 0 Å². The topological polar surface area (TPSA) is 75.6 Å². The van der Waals surface area contributed by atoms with E-state index in [1.807, 2.05) is 31.2 Å². The van der Waals surface area contributed by atoms with Crippen molar-refractivity contribution in [1.82, 2.24) is 0 Å². The van der Waals surface area contributed by atoms with E-state index in [0.29, 0.717) is 13.0 Å². The van der Waals surface area contributed by atoms with Crippen molar-refractivity contribution in [3.05, 3.63) is 29.8 Å². The molecule has 2 fully saturated rings. The summed E-state index contributed by atoms with van der Waals surface area (Å²) in [5.74, 6) is -0.806. The number of carboxylic acid groups (broad SMARTS) is 1. The maximum absolute atomic E-state index is 12.2. The number of aliphatic carboxylic acids is 1. The SMILES string of the molecule is CC1CC(C(=O)Nc2ccc([C@H]3C[C@@H]3C(=O)O)cc2)CCO1. The van der Waals surface area contributed by atoms with Gasteiger partial charge >= 0.3 is 5.97 Å². The third kappa shape index (κ3) is 3.30. The number of benzene rings is 1. The van der Waals surface area contributed by atoms with Gasteiger partial charge in [-0.2, -0.15) is 0 Å². The summed E-state index contributed by atoms with van der Waals surface area (Å²) in [6, 6.07) is 7.53. The fourth-order valence-corrected chi connectivity index (χ4v) is 3.13. The van der Waals surface area contributed by atoms with Crippen molar-refractivity contribution < 1.29 is 19.4 Å². The quantitative estimate of drug-likeness (QED) is 0.896. The zero-order valence-corrected chi connectivity index (χ0v) is 12.6. The second kappa shape index (κ2) is 6.08. The maximum atomic E-state index is 12.2. The van der Waals surface area contributed by atoms with Gasteiger partial charge in [0.05, 0.1) is 12.0 Å². The van der Waals surface area contributed by atoms with E-state index in [4.69, 9.17) is 9.84 Å². The van der Waals surface area contributed by atoms with Gasteiger partial charge in [-0.3, -0.25) is 9.59 Å². The zero-order chi connectivity index (χ0) is 15.7. The average molecular weight is 303 g/mol. The standard InChI is InChI=1S/C17H21NO4/c1-10-8-12(6-7-22-10)16(19)18-13-4-2-11(3-5-13)14-9-15(14)17(20)21/h2-5,10,12,14-15H,6-9H2,1H3,(H,18,19)(H,20,21)/t10?,12?,14-,15+/m1/s1. The summed E-state index contributed by atoms with van der Waals surface area (Å²) in [5, 5.41) is 11.9. The van der Waals surface area contributed by atoms with Crippen molar-refractivity contribution >= 4 is 17.6 Å². The van der Waals surface area contributed by atoms with E-state index < -0.39 is 5.97 Å². The van der Waals surface area contributed by atoms with Crippen LogP contribution in [-0.2, 0) is 14.3 Å². The number of carboxylic acids is 1. The Morgan fingerprint density at radius 1 is 1.23 bits per heavy atom. The van der Waals surface area contributed by atoms with Crippen LogP contribution >= 0.6 is 0 Å². The fraction of sp³-hybridized carbons (Fsp3) is 0.529. The lowest BCUT2D eigenvalue weighted by Crippen LogP contribution is -2.32. The first-order chi connectivity index (χ1) is 10.5. The van der Waals surface area contributed by atoms with Crippen LogP contribution in [0.1, 0.15) is 37.7 Å². The molecule has 0 bridgehead atoms. The average Bonchev–Trinajstić information content (AvgIpc) is 3.29. The van der Waals surface area contributed by atoms with Crippen molar-refractivity contribution in [3.8, 4) is 0 Å². The minimum Gasteiger partial charge on any atom is -0.481 e. The number of rotatable bonds is 4. The van der Waals surface area contributed by atoms with Crippen LogP contribution in [0.25, 0.3) is 0 Å². The lowest BCUT2D eigenvalue weighted by Gasteiger charge is -2.26. The predicted octanol–water partition coefficient (Wildman–Crippen LogP) is 2.63. The van der Waals surface area contributed by atoms with E-state index in [-0.39, 0.29) is 29.8 Å². The van der Waals surface area contributed by atoms with E-state index >= 15 is 0 Å². The molecule has 22 heavy (non-hydrogen) atoms. The Labute approximate surface area is 129 Å². The van der Waals surface area contributed by atoms with E-state index in [2.05, 4.69) is 5.32 Å². The minimum atomic E-state index is -0.726. The Bertz CT molecular complexity index is 569. The van der Waals surface area contributed by atoms with E-state index in [1.54, 1.807) is 0 Å². The molecule has 4 atom stereocenters. The van der Waals surface area contributed by atoms with Crippen molar-refractivity contribution in [1.29, 1.82) is 0 Å². The van der Waals surface area contributed by atoms with Crippen molar-refractivity contribution in [2.45, 2.75) is 38.2 Å². The van der Waals surface area contributed by atoms with Crippen LogP contribution in [0.4, 0.5) is 5.69 Å². The normalized spacial score (nSPS) is 30.6. The summed E-state index contributed by atoms with van der Waals surface area (Å²) < 4.78 is 5.46. The largest absolute Gasteiger partial charge is 0.481 e. The first-order valence-corrected chi connectivity index (χ1v) is 7.80. The van der Waals surface area contributed by atoms with Gasteiger partial charge in [0, 0.05) is 18.2 Å². The molecule has 1 heterocycles. The molecular formula is C17H21NO4. The number of nitrogens with one attached hydrogen (secondary N) is 1. The van der Waals surface area contributed by atoms with Crippen LogP contribution in [0.15, 0.2) is 24.3 Å². The molecular weight excluding hydrogens is 282 g/mol. The Balaban J connectivity index is 1.57. The monoisotopic (exact) mass is 303 g/mol. The lowest BCUT2D eigenvalue weighted by molar-refractivity contribution is -0.138. The maximum Gasteiger partial charge on any atom is 0.307 e. The van der Waals surface area contributed by atoms with Crippen LogP contribution in [0, 0.1) is 11.8 Å². The van der Waals surface area contributed by atoms with Gasteiger partial charge in [-0.15, -0.1) is 0 Å². The number of hydrogen-bond donors (Lipinski definition) is 2. The highest BCUT2D eigenvalue weighted by atomic mass is 16.5. The van der Waals surface area contributed by atoms with Gasteiger partial charge in [-0.25, -0.2) is 0 Å². The molecule has 5 nitrogen and oxygen atoms in total. The van der Waals surface area contributed by atoms with Crippen LogP contribution < -0.4 is 5.32 Å². The number of carbonyl (C=O) groups is 2. The third-order valence-corrected chi connectivity index (χ3v) is 4.57. The van der Waals surface area contributed by atoms with Gasteiger partial charge in [0.1, 0.15) is 0 Å². The number of ether oxygens (including phenoxy) is 1. The number of carbonyl (C=O) groups excluding carboxylic acids is 1. The minimum absolute atomic E-state index is 0.00301. The third-order valence-electron chi connectivity index (χ3n) is 4.57.